The number of likely N-dealkylation sites (tertiary alicyclic amines) is 1. The zero-order chi connectivity index (χ0) is 17.2. The van der Waals surface area contributed by atoms with Crippen molar-refractivity contribution in [2.45, 2.75) is 25.8 Å². The number of thiophene rings is 1. The van der Waals surface area contributed by atoms with Gasteiger partial charge in [-0.15, -0.1) is 11.3 Å². The lowest BCUT2D eigenvalue weighted by molar-refractivity contribution is 0.0684. The number of piperidine rings is 1. The quantitative estimate of drug-likeness (QED) is 0.720. The predicted molar refractivity (Wildman–Crippen MR) is 98.7 cm³/mol. The maximum atomic E-state index is 12.7. The molecule has 6 heteroatoms. The second-order valence-corrected chi connectivity index (χ2v) is 7.30. The highest BCUT2D eigenvalue weighted by Crippen LogP contribution is 2.30. The summed E-state index contributed by atoms with van der Waals surface area (Å²) in [4.78, 5) is 24.2. The molecule has 128 valence electrons. The van der Waals surface area contributed by atoms with Gasteiger partial charge < -0.3 is 9.47 Å². The van der Waals surface area contributed by atoms with Crippen molar-refractivity contribution < 1.29 is 4.79 Å². The average molecular weight is 352 g/mol. The Morgan fingerprint density at radius 3 is 2.88 bits per heavy atom. The van der Waals surface area contributed by atoms with Crippen LogP contribution in [0.2, 0.25) is 0 Å². The molecule has 1 amide bonds. The maximum Gasteiger partial charge on any atom is 0.263 e. The SMILES string of the molecule is Cc1cnc(-c2ccncc2)n1C1CCCN(C(=O)c2cccs2)C1. The molecule has 0 saturated carbocycles. The van der Waals surface area contributed by atoms with Gasteiger partial charge in [-0.25, -0.2) is 4.98 Å². The summed E-state index contributed by atoms with van der Waals surface area (Å²) in [6.07, 6.45) is 7.56. The van der Waals surface area contributed by atoms with Crippen LogP contribution in [-0.4, -0.2) is 38.4 Å². The van der Waals surface area contributed by atoms with Gasteiger partial charge in [0.1, 0.15) is 5.82 Å². The number of hydrogen-bond acceptors (Lipinski definition) is 4. The molecule has 0 bridgehead atoms. The van der Waals surface area contributed by atoms with Gasteiger partial charge in [-0.2, -0.15) is 0 Å². The van der Waals surface area contributed by atoms with E-state index in [1.165, 1.54) is 11.3 Å². The molecule has 0 aromatic carbocycles. The number of aryl methyl sites for hydroxylation is 1. The fourth-order valence-corrected chi connectivity index (χ4v) is 4.22. The summed E-state index contributed by atoms with van der Waals surface area (Å²) < 4.78 is 2.28. The molecule has 0 radical (unpaired) electrons. The van der Waals surface area contributed by atoms with E-state index in [1.807, 2.05) is 40.7 Å². The summed E-state index contributed by atoms with van der Waals surface area (Å²) in [5.41, 5.74) is 2.19. The Hall–Kier alpha value is -2.47. The molecule has 0 aliphatic carbocycles. The number of rotatable bonds is 3. The Kier molecular flexibility index (Phi) is 4.36. The molecular formula is C19H20N4OS. The molecule has 4 heterocycles. The largest absolute Gasteiger partial charge is 0.336 e. The first-order valence-electron chi connectivity index (χ1n) is 8.51. The Balaban J connectivity index is 1.62. The van der Waals surface area contributed by atoms with Crippen molar-refractivity contribution in [1.82, 2.24) is 19.4 Å². The molecule has 1 atom stereocenters. The fourth-order valence-electron chi connectivity index (χ4n) is 3.53. The first-order chi connectivity index (χ1) is 12.2. The van der Waals surface area contributed by atoms with E-state index in [4.69, 9.17) is 0 Å². The Labute approximate surface area is 151 Å². The number of pyridine rings is 1. The molecule has 1 aliphatic heterocycles. The van der Waals surface area contributed by atoms with Gasteiger partial charge in [0.15, 0.2) is 0 Å². The minimum atomic E-state index is 0.142. The average Bonchev–Trinajstić information content (AvgIpc) is 3.32. The second-order valence-electron chi connectivity index (χ2n) is 6.35. The van der Waals surface area contributed by atoms with Gasteiger partial charge in [-0.05, 0) is 43.3 Å². The molecule has 1 saturated heterocycles. The third-order valence-corrected chi connectivity index (χ3v) is 5.56. The van der Waals surface area contributed by atoms with Crippen molar-refractivity contribution in [3.05, 3.63) is 58.8 Å². The van der Waals surface area contributed by atoms with Crippen molar-refractivity contribution in [2.24, 2.45) is 0 Å². The maximum absolute atomic E-state index is 12.7. The predicted octanol–water partition coefficient (Wildman–Crippen LogP) is 3.79. The van der Waals surface area contributed by atoms with Crippen molar-refractivity contribution in [2.75, 3.05) is 13.1 Å². The molecule has 25 heavy (non-hydrogen) atoms. The Bertz CT molecular complexity index is 857. The van der Waals surface area contributed by atoms with Crippen LogP contribution in [0.5, 0.6) is 0 Å². The van der Waals surface area contributed by atoms with E-state index in [0.29, 0.717) is 0 Å². The van der Waals surface area contributed by atoms with Gasteiger partial charge in [0, 0.05) is 42.9 Å². The van der Waals surface area contributed by atoms with Crippen LogP contribution in [0.25, 0.3) is 11.4 Å². The van der Waals surface area contributed by atoms with E-state index in [2.05, 4.69) is 21.5 Å². The van der Waals surface area contributed by atoms with Crippen LogP contribution in [0, 0.1) is 6.92 Å². The second kappa shape index (κ2) is 6.80. The number of carbonyl (C=O) groups excluding carboxylic acids is 1. The van der Waals surface area contributed by atoms with Crippen LogP contribution in [0.4, 0.5) is 0 Å². The van der Waals surface area contributed by atoms with E-state index >= 15 is 0 Å². The molecule has 4 rings (SSSR count). The number of carbonyl (C=O) groups is 1. The zero-order valence-electron chi connectivity index (χ0n) is 14.1. The minimum absolute atomic E-state index is 0.142. The third-order valence-electron chi connectivity index (χ3n) is 4.70. The van der Waals surface area contributed by atoms with Gasteiger partial charge in [-0.1, -0.05) is 6.07 Å². The summed E-state index contributed by atoms with van der Waals surface area (Å²) in [6.45, 7) is 3.63. The lowest BCUT2D eigenvalue weighted by Crippen LogP contribution is -2.40. The Morgan fingerprint density at radius 2 is 2.12 bits per heavy atom. The standard InChI is InChI=1S/C19H20N4OS/c1-14-12-21-18(15-6-8-20-9-7-15)23(14)16-4-2-10-22(13-16)19(24)17-5-3-11-25-17/h3,5-9,11-12,16H,2,4,10,13H2,1H3. The van der Waals surface area contributed by atoms with Crippen LogP contribution in [0.1, 0.15) is 34.2 Å². The summed E-state index contributed by atoms with van der Waals surface area (Å²) in [6, 6.07) is 8.05. The summed E-state index contributed by atoms with van der Waals surface area (Å²) in [5, 5.41) is 1.95. The lowest BCUT2D eigenvalue weighted by Gasteiger charge is -2.34. The van der Waals surface area contributed by atoms with E-state index < -0.39 is 0 Å². The van der Waals surface area contributed by atoms with Crippen LogP contribution >= 0.6 is 11.3 Å². The van der Waals surface area contributed by atoms with Gasteiger partial charge in [0.2, 0.25) is 0 Å². The van der Waals surface area contributed by atoms with E-state index in [9.17, 15) is 4.79 Å². The highest BCUT2D eigenvalue weighted by Gasteiger charge is 2.28. The first-order valence-corrected chi connectivity index (χ1v) is 9.39. The van der Waals surface area contributed by atoms with Gasteiger partial charge in [0.05, 0.1) is 10.9 Å². The zero-order valence-corrected chi connectivity index (χ0v) is 14.9. The molecule has 1 fully saturated rings. The number of aromatic nitrogens is 3. The van der Waals surface area contributed by atoms with Crippen molar-refractivity contribution >= 4 is 17.2 Å². The number of nitrogens with zero attached hydrogens (tertiary/aromatic N) is 4. The molecule has 5 nitrogen and oxygen atoms in total. The summed E-state index contributed by atoms with van der Waals surface area (Å²) >= 11 is 1.51. The molecule has 0 N–H and O–H groups in total. The van der Waals surface area contributed by atoms with Gasteiger partial charge in [-0.3, -0.25) is 9.78 Å². The normalized spacial score (nSPS) is 17.6. The van der Waals surface area contributed by atoms with Crippen LogP contribution in [0.3, 0.4) is 0 Å². The monoisotopic (exact) mass is 352 g/mol. The van der Waals surface area contributed by atoms with Gasteiger partial charge >= 0.3 is 0 Å². The fraction of sp³-hybridized carbons (Fsp3) is 0.316. The summed E-state index contributed by atoms with van der Waals surface area (Å²) in [7, 11) is 0. The van der Waals surface area contributed by atoms with Crippen molar-refractivity contribution in [1.29, 1.82) is 0 Å². The van der Waals surface area contributed by atoms with E-state index in [0.717, 1.165) is 47.9 Å². The minimum Gasteiger partial charge on any atom is -0.336 e. The number of hydrogen-bond donors (Lipinski definition) is 0. The van der Waals surface area contributed by atoms with Crippen LogP contribution in [0.15, 0.2) is 48.2 Å². The highest BCUT2D eigenvalue weighted by atomic mass is 32.1. The number of imidazole rings is 1. The molecular weight excluding hydrogens is 332 g/mol. The lowest BCUT2D eigenvalue weighted by atomic mass is 10.0. The van der Waals surface area contributed by atoms with Crippen molar-refractivity contribution in [3.8, 4) is 11.4 Å². The van der Waals surface area contributed by atoms with Crippen LogP contribution < -0.4 is 0 Å². The molecule has 1 unspecified atom stereocenters. The van der Waals surface area contributed by atoms with E-state index in [-0.39, 0.29) is 11.9 Å². The molecule has 1 aliphatic rings. The van der Waals surface area contributed by atoms with Crippen LogP contribution in [-0.2, 0) is 0 Å². The third kappa shape index (κ3) is 3.09. The topological polar surface area (TPSA) is 51.0 Å². The van der Waals surface area contributed by atoms with E-state index in [1.54, 1.807) is 12.4 Å². The van der Waals surface area contributed by atoms with Crippen molar-refractivity contribution in [3.63, 3.8) is 0 Å². The summed E-state index contributed by atoms with van der Waals surface area (Å²) in [5.74, 6) is 1.10. The first kappa shape index (κ1) is 16.0. The Morgan fingerprint density at radius 1 is 1.28 bits per heavy atom. The van der Waals surface area contributed by atoms with Gasteiger partial charge in [0.25, 0.3) is 5.91 Å². The molecule has 0 spiro atoms. The molecule has 3 aromatic heterocycles. The molecule has 3 aromatic rings. The smallest absolute Gasteiger partial charge is 0.263 e. The number of amides is 1. The highest BCUT2D eigenvalue weighted by molar-refractivity contribution is 7.12.